The van der Waals surface area contributed by atoms with Crippen LogP contribution in [0.3, 0.4) is 0 Å². The molecule has 0 aliphatic carbocycles. The Morgan fingerprint density at radius 1 is 0.903 bits per heavy atom. The average Bonchev–Trinajstić information content (AvgIpc) is 3.23. The number of aliphatic hydroxyl groups excluding tert-OH is 2. The number of esters is 3. The van der Waals surface area contributed by atoms with Gasteiger partial charge in [0.15, 0.2) is 6.10 Å². The maximum absolute atomic E-state index is 13.5. The second kappa shape index (κ2) is 23.2. The van der Waals surface area contributed by atoms with Crippen LogP contribution in [0.4, 0.5) is 0 Å². The summed E-state index contributed by atoms with van der Waals surface area (Å²) in [6.45, 7) is 4.94. The summed E-state index contributed by atoms with van der Waals surface area (Å²) in [6.07, 6.45) is 6.83. The molecule has 10 atom stereocenters. The summed E-state index contributed by atoms with van der Waals surface area (Å²) in [5, 5.41) is 37.5. The fourth-order valence-electron chi connectivity index (χ4n) is 8.98. The molecule has 3 saturated heterocycles. The lowest BCUT2D eigenvalue weighted by atomic mass is 9.74. The number of fused-ring (bicyclic) bond motifs is 6. The molecule has 1 aromatic carbocycles. The molecule has 4 aliphatic rings. The number of hydrogen-bond acceptors (Lipinski definition) is 14. The normalized spacial score (nSPS) is 33.0. The SMILES string of the molecule is CCCCCCCC(=O)O[C@H]1/C(=C/C(=O)OC)C[C@H]2C[C@H](CO)OC(=O)C[C@H](O)C[C@@H]3CCC[C@H](C[C@@H]4C[C@H](NC(=O)c5ccc(OC)cc5)C[C@H](/C=C/C(C)(C)[C@]1(O)O2)O4)O3. The van der Waals surface area contributed by atoms with Crippen LogP contribution in [0.5, 0.6) is 5.75 Å². The zero-order valence-corrected chi connectivity index (χ0v) is 37.1. The van der Waals surface area contributed by atoms with Crippen molar-refractivity contribution in [3.63, 3.8) is 0 Å². The van der Waals surface area contributed by atoms with Crippen molar-refractivity contribution in [1.29, 1.82) is 0 Å². The van der Waals surface area contributed by atoms with Crippen molar-refractivity contribution in [2.24, 2.45) is 5.41 Å². The minimum Gasteiger partial charge on any atom is -0.497 e. The molecule has 5 rings (SSSR count). The molecular formula is C47H69NO14. The fourth-order valence-corrected chi connectivity index (χ4v) is 8.98. The molecule has 4 aliphatic heterocycles. The lowest BCUT2D eigenvalue weighted by Crippen LogP contribution is -2.62. The maximum Gasteiger partial charge on any atom is 0.330 e. The van der Waals surface area contributed by atoms with Gasteiger partial charge in [0.25, 0.3) is 5.91 Å². The van der Waals surface area contributed by atoms with Crippen molar-refractivity contribution in [2.75, 3.05) is 20.8 Å². The van der Waals surface area contributed by atoms with Crippen molar-refractivity contribution >= 4 is 23.8 Å². The molecule has 1 aromatic rings. The van der Waals surface area contributed by atoms with Gasteiger partial charge in [-0.25, -0.2) is 4.79 Å². The van der Waals surface area contributed by atoms with Crippen LogP contribution in [0.25, 0.3) is 0 Å². The van der Waals surface area contributed by atoms with Gasteiger partial charge in [-0.3, -0.25) is 14.4 Å². The van der Waals surface area contributed by atoms with E-state index in [9.17, 15) is 34.5 Å². The van der Waals surface area contributed by atoms with E-state index < -0.39 is 66.2 Å². The summed E-state index contributed by atoms with van der Waals surface area (Å²) < 4.78 is 41.7. The predicted octanol–water partition coefficient (Wildman–Crippen LogP) is 5.55. The topological polar surface area (TPSA) is 206 Å². The summed E-state index contributed by atoms with van der Waals surface area (Å²) in [6, 6.07) is 6.55. The highest BCUT2D eigenvalue weighted by atomic mass is 16.7. The Bertz CT molecular complexity index is 1700. The number of rotatable bonds is 12. The number of carbonyl (C=O) groups is 4. The first-order valence-electron chi connectivity index (χ1n) is 22.5. The Morgan fingerprint density at radius 2 is 1.63 bits per heavy atom. The Morgan fingerprint density at radius 3 is 2.32 bits per heavy atom. The highest BCUT2D eigenvalue weighted by molar-refractivity contribution is 5.94. The molecule has 0 radical (unpaired) electrons. The number of carbonyl (C=O) groups excluding carboxylic acids is 4. The fraction of sp³-hybridized carbons (Fsp3) is 0.702. The second-order valence-corrected chi connectivity index (χ2v) is 17.8. The highest BCUT2D eigenvalue weighted by Crippen LogP contribution is 2.47. The smallest absolute Gasteiger partial charge is 0.330 e. The van der Waals surface area contributed by atoms with Gasteiger partial charge in [0.05, 0.1) is 63.9 Å². The third-order valence-electron chi connectivity index (χ3n) is 12.4. The number of hydrogen-bond donors (Lipinski definition) is 4. The van der Waals surface area contributed by atoms with Crippen LogP contribution in [-0.4, -0.2) is 121 Å². The minimum absolute atomic E-state index is 0.0362. The second-order valence-electron chi connectivity index (χ2n) is 17.8. The Hall–Kier alpha value is -3.86. The Labute approximate surface area is 365 Å². The molecule has 1 amide bonds. The monoisotopic (exact) mass is 871 g/mol. The van der Waals surface area contributed by atoms with E-state index in [0.717, 1.165) is 38.5 Å². The van der Waals surface area contributed by atoms with Crippen molar-refractivity contribution in [3.8, 4) is 5.75 Å². The number of unbranched alkanes of at least 4 members (excludes halogenated alkanes) is 4. The van der Waals surface area contributed by atoms with Gasteiger partial charge in [0, 0.05) is 42.4 Å². The van der Waals surface area contributed by atoms with Crippen LogP contribution in [0.1, 0.15) is 134 Å². The first kappa shape index (κ1) is 49.2. The van der Waals surface area contributed by atoms with Crippen molar-refractivity contribution in [1.82, 2.24) is 5.32 Å². The number of cyclic esters (lactones) is 1. The molecule has 0 aromatic heterocycles. The highest BCUT2D eigenvalue weighted by Gasteiger charge is 2.57. The lowest BCUT2D eigenvalue weighted by Gasteiger charge is -2.51. The van der Waals surface area contributed by atoms with E-state index >= 15 is 0 Å². The Kier molecular flexibility index (Phi) is 18.4. The molecule has 346 valence electrons. The lowest BCUT2D eigenvalue weighted by molar-refractivity contribution is -0.327. The molecule has 62 heavy (non-hydrogen) atoms. The number of ether oxygens (including phenoxy) is 7. The third kappa shape index (κ3) is 13.8. The minimum atomic E-state index is -2.31. The van der Waals surface area contributed by atoms with Crippen LogP contribution in [0.15, 0.2) is 48.1 Å². The van der Waals surface area contributed by atoms with Crippen LogP contribution < -0.4 is 10.1 Å². The molecule has 0 saturated carbocycles. The largest absolute Gasteiger partial charge is 0.497 e. The van der Waals surface area contributed by atoms with Gasteiger partial charge in [0.1, 0.15) is 11.9 Å². The molecular weight excluding hydrogens is 803 g/mol. The summed E-state index contributed by atoms with van der Waals surface area (Å²) in [4.78, 5) is 53.1. The molecule has 4 N–H and O–H groups in total. The van der Waals surface area contributed by atoms with E-state index in [1.807, 2.05) is 6.08 Å². The van der Waals surface area contributed by atoms with Crippen LogP contribution in [0.2, 0.25) is 0 Å². The van der Waals surface area contributed by atoms with Gasteiger partial charge in [-0.1, -0.05) is 58.6 Å². The molecule has 4 heterocycles. The predicted molar refractivity (Wildman–Crippen MR) is 227 cm³/mol. The summed E-state index contributed by atoms with van der Waals surface area (Å²) in [5.74, 6) is -3.98. The number of aliphatic hydroxyl groups is 3. The molecule has 0 unspecified atom stereocenters. The summed E-state index contributed by atoms with van der Waals surface area (Å²) >= 11 is 0. The van der Waals surface area contributed by atoms with Crippen LogP contribution >= 0.6 is 0 Å². The zero-order chi connectivity index (χ0) is 44.9. The quantitative estimate of drug-likeness (QED) is 0.0669. The standard InChI is InChI=1S/C47H69NO14/c1-6-7-8-9-10-14-41(51)61-44-31(22-42(52)57-5)21-39-28-40(29-49)60-43(53)26-33(50)25-35-12-11-13-36(58-35)27-38-24-32(48-45(54)30-15-17-34(56-4)18-16-30)23-37(59-38)19-20-46(2,3)47(44,55)62-39/h15-20,22,32-33,35-40,44,49-50,55H,6-14,21,23-29H2,1-5H3,(H,48,54)/b20-19+,31-22+/t32-,33-,35+,36-,37+,38+,39+,40-,44+,47-/m1/s1. The van der Waals surface area contributed by atoms with Crippen molar-refractivity contribution in [3.05, 3.63) is 53.6 Å². The van der Waals surface area contributed by atoms with Crippen LogP contribution in [0, 0.1) is 5.41 Å². The molecule has 6 bridgehead atoms. The average molecular weight is 872 g/mol. The third-order valence-corrected chi connectivity index (χ3v) is 12.4. The van der Waals surface area contributed by atoms with E-state index in [1.54, 1.807) is 51.3 Å². The number of benzene rings is 1. The number of nitrogens with one attached hydrogen (secondary N) is 1. The molecule has 15 nitrogen and oxygen atoms in total. The van der Waals surface area contributed by atoms with E-state index in [4.69, 9.17) is 33.2 Å². The molecule has 0 spiro atoms. The van der Waals surface area contributed by atoms with E-state index in [-0.39, 0.29) is 67.9 Å². The van der Waals surface area contributed by atoms with Gasteiger partial charge < -0.3 is 53.8 Å². The summed E-state index contributed by atoms with van der Waals surface area (Å²) in [5.41, 5.74) is -0.664. The van der Waals surface area contributed by atoms with Gasteiger partial charge in [0.2, 0.25) is 5.79 Å². The Balaban J connectivity index is 1.51. The van der Waals surface area contributed by atoms with Gasteiger partial charge in [-0.05, 0) is 81.2 Å². The number of amides is 1. The maximum atomic E-state index is 13.5. The van der Waals surface area contributed by atoms with E-state index in [1.165, 1.54) is 13.2 Å². The van der Waals surface area contributed by atoms with E-state index in [2.05, 4.69) is 12.2 Å². The zero-order valence-electron chi connectivity index (χ0n) is 37.1. The molecule has 15 heteroatoms. The van der Waals surface area contributed by atoms with Crippen molar-refractivity contribution < 1.29 is 67.7 Å². The van der Waals surface area contributed by atoms with E-state index in [0.29, 0.717) is 43.4 Å². The van der Waals surface area contributed by atoms with Crippen molar-refractivity contribution in [2.45, 2.75) is 184 Å². The number of methoxy groups -OCH3 is 2. The first-order chi connectivity index (χ1) is 29.6. The van der Waals surface area contributed by atoms with Crippen LogP contribution in [-0.2, 0) is 42.8 Å². The van der Waals surface area contributed by atoms with Gasteiger partial charge in [-0.2, -0.15) is 0 Å². The van der Waals surface area contributed by atoms with Gasteiger partial charge >= 0.3 is 17.9 Å². The summed E-state index contributed by atoms with van der Waals surface area (Å²) in [7, 11) is 2.77. The molecule has 3 fully saturated rings. The first-order valence-corrected chi connectivity index (χ1v) is 22.5. The van der Waals surface area contributed by atoms with Gasteiger partial charge in [-0.15, -0.1) is 0 Å².